The van der Waals surface area contributed by atoms with Crippen LogP contribution in [0.15, 0.2) is 29.1 Å². The molecule has 2 aromatic rings. The van der Waals surface area contributed by atoms with E-state index in [1.54, 1.807) is 24.3 Å². The van der Waals surface area contributed by atoms with Gasteiger partial charge < -0.3 is 14.9 Å². The van der Waals surface area contributed by atoms with E-state index in [-0.39, 0.29) is 24.1 Å². The van der Waals surface area contributed by atoms with E-state index in [1.165, 1.54) is 0 Å². The Balaban J connectivity index is 2.42. The van der Waals surface area contributed by atoms with Crippen LogP contribution in [0, 0.1) is 0 Å². The topological polar surface area (TPSA) is 85.9 Å². The molecule has 0 unspecified atom stereocenters. The number of para-hydroxylation sites is 2. The number of nitrogens with one attached hydrogen (secondary N) is 1. The number of benzene rings is 1. The number of aliphatic carboxylic acids is 1. The summed E-state index contributed by atoms with van der Waals surface area (Å²) >= 11 is 0. The molecule has 1 aromatic heterocycles. The highest BCUT2D eigenvalue weighted by Crippen LogP contribution is 2.06. The van der Waals surface area contributed by atoms with Gasteiger partial charge in [-0.15, -0.1) is 0 Å². The third kappa shape index (κ3) is 2.08. The van der Waals surface area contributed by atoms with Gasteiger partial charge in [-0.3, -0.25) is 4.79 Å². The molecule has 0 saturated carbocycles. The molecule has 0 fully saturated rings. The first-order valence-corrected chi connectivity index (χ1v) is 4.84. The third-order valence-electron chi connectivity index (χ3n) is 2.24. The van der Waals surface area contributed by atoms with Crippen LogP contribution < -0.4 is 10.7 Å². The summed E-state index contributed by atoms with van der Waals surface area (Å²) in [5, 5.41) is 10.3. The Hall–Kier alpha value is -2.17. The predicted octanol–water partition coefficient (Wildman–Crippen LogP) is -0.394. The van der Waals surface area contributed by atoms with Crippen LogP contribution in [0.5, 0.6) is 0 Å². The molecule has 1 aromatic carbocycles. The highest BCUT2D eigenvalue weighted by molar-refractivity contribution is 5.73. The van der Waals surface area contributed by atoms with Crippen LogP contribution in [0.25, 0.3) is 11.0 Å². The second kappa shape index (κ2) is 4.14. The average Bonchev–Trinajstić information content (AvgIpc) is 2.26. The summed E-state index contributed by atoms with van der Waals surface area (Å²) in [7, 11) is 0. The Morgan fingerprint density at radius 2 is 2.12 bits per heavy atom. The van der Waals surface area contributed by atoms with Crippen LogP contribution in [0.1, 0.15) is 12.1 Å². The molecule has 0 aliphatic rings. The zero-order valence-electron chi connectivity index (χ0n) is 8.40. The Morgan fingerprint density at radius 3 is 2.88 bits per heavy atom. The maximum absolute atomic E-state index is 11.5. The third-order valence-corrected chi connectivity index (χ3v) is 2.24. The van der Waals surface area contributed by atoms with Gasteiger partial charge in [0.15, 0.2) is 0 Å². The number of hydrogen-bond donors (Lipinski definition) is 1. The summed E-state index contributed by atoms with van der Waals surface area (Å²) < 4.78 is 0. The minimum atomic E-state index is -1.19. The van der Waals surface area contributed by atoms with Crippen LogP contribution in [0.3, 0.4) is 0 Å². The van der Waals surface area contributed by atoms with Crippen molar-refractivity contribution in [1.29, 1.82) is 0 Å². The number of aromatic amines is 1. The largest absolute Gasteiger partial charge is 0.550 e. The normalized spacial score (nSPS) is 10.5. The SMILES string of the molecule is O=C([O-])CCc1nc2ccccc2[nH]c1=O. The van der Waals surface area contributed by atoms with Crippen molar-refractivity contribution in [3.63, 3.8) is 0 Å². The first-order valence-electron chi connectivity index (χ1n) is 4.84. The summed E-state index contributed by atoms with van der Waals surface area (Å²) in [5.41, 5.74) is 1.17. The number of H-pyrrole nitrogens is 1. The molecule has 0 saturated heterocycles. The number of aromatic nitrogens is 2. The quantitative estimate of drug-likeness (QED) is 0.758. The van der Waals surface area contributed by atoms with Crippen molar-refractivity contribution < 1.29 is 9.90 Å². The van der Waals surface area contributed by atoms with Gasteiger partial charge in [-0.1, -0.05) is 12.1 Å². The minimum Gasteiger partial charge on any atom is -0.550 e. The summed E-state index contributed by atoms with van der Waals surface area (Å²) in [6.45, 7) is 0. The second-order valence-corrected chi connectivity index (χ2v) is 3.40. The highest BCUT2D eigenvalue weighted by atomic mass is 16.4. The lowest BCUT2D eigenvalue weighted by Gasteiger charge is -2.02. The Labute approximate surface area is 90.8 Å². The molecule has 0 aliphatic heterocycles. The molecular weight excluding hydrogens is 208 g/mol. The van der Waals surface area contributed by atoms with Crippen molar-refractivity contribution in [3.05, 3.63) is 40.3 Å². The minimum absolute atomic E-state index is 0.0858. The van der Waals surface area contributed by atoms with E-state index in [4.69, 9.17) is 0 Å². The van der Waals surface area contributed by atoms with Gasteiger partial charge in [0, 0.05) is 12.4 Å². The standard InChI is InChI=1S/C11H10N2O3/c14-10(15)6-5-9-11(16)13-8-4-2-1-3-7(8)12-9/h1-4H,5-6H2,(H,13,16)(H,14,15)/p-1. The van der Waals surface area contributed by atoms with Gasteiger partial charge in [-0.05, 0) is 18.6 Å². The zero-order chi connectivity index (χ0) is 11.5. The van der Waals surface area contributed by atoms with E-state index in [9.17, 15) is 14.7 Å². The lowest BCUT2D eigenvalue weighted by molar-refractivity contribution is -0.305. The van der Waals surface area contributed by atoms with Crippen molar-refractivity contribution in [1.82, 2.24) is 9.97 Å². The van der Waals surface area contributed by atoms with Crippen molar-refractivity contribution in [2.24, 2.45) is 0 Å². The van der Waals surface area contributed by atoms with Crippen molar-refractivity contribution in [3.8, 4) is 0 Å². The van der Waals surface area contributed by atoms with Crippen LogP contribution in [-0.4, -0.2) is 15.9 Å². The molecule has 5 nitrogen and oxygen atoms in total. The molecule has 2 rings (SSSR count). The predicted molar refractivity (Wildman–Crippen MR) is 55.7 cm³/mol. The lowest BCUT2D eigenvalue weighted by Crippen LogP contribution is -2.24. The number of fused-ring (bicyclic) bond motifs is 1. The van der Waals surface area contributed by atoms with Crippen LogP contribution in [0.2, 0.25) is 0 Å². The number of hydrogen-bond acceptors (Lipinski definition) is 4. The Morgan fingerprint density at radius 1 is 1.38 bits per heavy atom. The van der Waals surface area contributed by atoms with Gasteiger partial charge in [-0.2, -0.15) is 0 Å². The zero-order valence-corrected chi connectivity index (χ0v) is 8.40. The van der Waals surface area contributed by atoms with Gasteiger partial charge in [-0.25, -0.2) is 4.98 Å². The summed E-state index contributed by atoms with van der Waals surface area (Å²) in [5.74, 6) is -1.19. The maximum atomic E-state index is 11.5. The Bertz CT molecular complexity index is 589. The molecule has 0 aliphatic carbocycles. The van der Waals surface area contributed by atoms with Gasteiger partial charge in [0.1, 0.15) is 5.69 Å². The molecule has 0 spiro atoms. The first kappa shape index (κ1) is 10.4. The van der Waals surface area contributed by atoms with Crippen LogP contribution >= 0.6 is 0 Å². The van der Waals surface area contributed by atoms with Gasteiger partial charge >= 0.3 is 0 Å². The molecule has 16 heavy (non-hydrogen) atoms. The number of carboxylic acid groups (broad SMARTS) is 1. The first-order chi connectivity index (χ1) is 7.66. The highest BCUT2D eigenvalue weighted by Gasteiger charge is 2.04. The lowest BCUT2D eigenvalue weighted by atomic mass is 10.2. The molecule has 1 N–H and O–H groups in total. The number of rotatable bonds is 3. The number of carbonyl (C=O) groups excluding carboxylic acids is 1. The monoisotopic (exact) mass is 217 g/mol. The van der Waals surface area contributed by atoms with E-state index in [0.717, 1.165) is 0 Å². The molecule has 0 atom stereocenters. The average molecular weight is 217 g/mol. The number of aryl methyl sites for hydroxylation is 1. The van der Waals surface area contributed by atoms with E-state index < -0.39 is 5.97 Å². The molecule has 0 amide bonds. The molecule has 0 bridgehead atoms. The van der Waals surface area contributed by atoms with Crippen LogP contribution in [-0.2, 0) is 11.2 Å². The fourth-order valence-corrected chi connectivity index (χ4v) is 1.46. The summed E-state index contributed by atoms with van der Waals surface area (Å²) in [6.07, 6.45) is -0.114. The van der Waals surface area contributed by atoms with Gasteiger partial charge in [0.2, 0.25) is 0 Å². The summed E-state index contributed by atoms with van der Waals surface area (Å²) in [6, 6.07) is 7.09. The molecule has 82 valence electrons. The maximum Gasteiger partial charge on any atom is 0.270 e. The van der Waals surface area contributed by atoms with Crippen molar-refractivity contribution in [2.45, 2.75) is 12.8 Å². The Kier molecular flexibility index (Phi) is 2.68. The van der Waals surface area contributed by atoms with Crippen molar-refractivity contribution >= 4 is 17.0 Å². The number of nitrogens with zero attached hydrogens (tertiary/aromatic N) is 1. The molecule has 1 heterocycles. The fraction of sp³-hybridized carbons (Fsp3) is 0.182. The van der Waals surface area contributed by atoms with E-state index in [2.05, 4.69) is 9.97 Å². The van der Waals surface area contributed by atoms with E-state index in [1.807, 2.05) is 0 Å². The van der Waals surface area contributed by atoms with Crippen molar-refractivity contribution in [2.75, 3.05) is 0 Å². The van der Waals surface area contributed by atoms with E-state index in [0.29, 0.717) is 11.0 Å². The smallest absolute Gasteiger partial charge is 0.270 e. The fourth-order valence-electron chi connectivity index (χ4n) is 1.46. The molecule has 0 radical (unpaired) electrons. The van der Waals surface area contributed by atoms with Crippen LogP contribution in [0.4, 0.5) is 0 Å². The summed E-state index contributed by atoms with van der Waals surface area (Å²) in [4.78, 5) is 28.6. The number of carboxylic acids is 1. The number of carbonyl (C=O) groups is 1. The molecular formula is C11H9N2O3-. The second-order valence-electron chi connectivity index (χ2n) is 3.40. The van der Waals surface area contributed by atoms with Gasteiger partial charge in [0.25, 0.3) is 5.56 Å². The molecule has 5 heteroatoms. The van der Waals surface area contributed by atoms with E-state index >= 15 is 0 Å². The van der Waals surface area contributed by atoms with Gasteiger partial charge in [0.05, 0.1) is 11.0 Å².